The molecule has 0 aromatic heterocycles. The molecule has 1 nitrogen and oxygen atoms in total. The van der Waals surface area contributed by atoms with E-state index in [9.17, 15) is 0 Å². The zero-order chi connectivity index (χ0) is 9.80. The Kier molecular flexibility index (Phi) is 4.12. The first-order valence-electron chi connectivity index (χ1n) is 6.20. The lowest BCUT2D eigenvalue weighted by Crippen LogP contribution is -2.37. The van der Waals surface area contributed by atoms with Gasteiger partial charge in [-0.3, -0.25) is 4.90 Å². The summed E-state index contributed by atoms with van der Waals surface area (Å²) in [6.45, 7) is 2.60. The number of halogens is 1. The molecule has 2 rings (SSSR count). The van der Waals surface area contributed by atoms with Gasteiger partial charge in [-0.1, -0.05) is 25.7 Å². The fourth-order valence-corrected chi connectivity index (χ4v) is 2.81. The van der Waals surface area contributed by atoms with Gasteiger partial charge in [0.2, 0.25) is 0 Å². The molecule has 1 aliphatic heterocycles. The maximum Gasteiger partial charge on any atom is 0.0379 e. The molecule has 1 heterocycles. The van der Waals surface area contributed by atoms with Crippen LogP contribution in [-0.2, 0) is 0 Å². The van der Waals surface area contributed by atoms with Gasteiger partial charge in [-0.15, -0.1) is 11.6 Å². The number of alkyl halides is 1. The minimum Gasteiger partial charge on any atom is -0.299 e. The van der Waals surface area contributed by atoms with Gasteiger partial charge in [0.05, 0.1) is 0 Å². The molecule has 1 saturated heterocycles. The van der Waals surface area contributed by atoms with Gasteiger partial charge in [0.15, 0.2) is 0 Å². The Balaban J connectivity index is 1.77. The Bertz CT molecular complexity index is 168. The summed E-state index contributed by atoms with van der Waals surface area (Å²) in [6.07, 6.45) is 9.91. The van der Waals surface area contributed by atoms with E-state index in [1.807, 2.05) is 0 Å². The Morgan fingerprint density at radius 1 is 1.07 bits per heavy atom. The summed E-state index contributed by atoms with van der Waals surface area (Å²) in [6, 6.07) is 0.679. The summed E-state index contributed by atoms with van der Waals surface area (Å²) in [7, 11) is 0. The van der Waals surface area contributed by atoms with Crippen molar-refractivity contribution in [2.45, 2.75) is 51.0 Å². The summed E-state index contributed by atoms with van der Waals surface area (Å²) >= 11 is 6.04. The lowest BCUT2D eigenvalue weighted by atomic mass is 10.1. The third-order valence-corrected chi connectivity index (χ3v) is 4.05. The fraction of sp³-hybridized carbons (Fsp3) is 1.00. The summed E-state index contributed by atoms with van der Waals surface area (Å²) in [4.78, 5) is 2.65. The van der Waals surface area contributed by atoms with E-state index in [2.05, 4.69) is 4.90 Å². The van der Waals surface area contributed by atoms with Crippen molar-refractivity contribution >= 4 is 11.6 Å². The molecule has 2 fully saturated rings. The monoisotopic (exact) mass is 215 g/mol. The van der Waals surface area contributed by atoms with E-state index < -0.39 is 0 Å². The van der Waals surface area contributed by atoms with E-state index in [0.29, 0.717) is 6.04 Å². The number of hydrogen-bond donors (Lipinski definition) is 0. The van der Waals surface area contributed by atoms with Gasteiger partial charge in [-0.25, -0.2) is 0 Å². The highest BCUT2D eigenvalue weighted by molar-refractivity contribution is 6.18. The van der Waals surface area contributed by atoms with Crippen LogP contribution >= 0.6 is 11.6 Å². The molecule has 0 radical (unpaired) electrons. The number of nitrogens with zero attached hydrogens (tertiary/aromatic N) is 1. The third-order valence-electron chi connectivity index (χ3n) is 3.70. The van der Waals surface area contributed by atoms with Crippen LogP contribution in [0.4, 0.5) is 0 Å². The van der Waals surface area contributed by atoms with Crippen LogP contribution in [0.3, 0.4) is 0 Å². The van der Waals surface area contributed by atoms with Gasteiger partial charge in [-0.05, 0) is 38.3 Å². The highest BCUT2D eigenvalue weighted by atomic mass is 35.5. The average molecular weight is 216 g/mol. The molecule has 1 unspecified atom stereocenters. The van der Waals surface area contributed by atoms with E-state index in [-0.39, 0.29) is 0 Å². The zero-order valence-electron chi connectivity index (χ0n) is 9.05. The standard InChI is InChI=1S/C12H22ClN/c13-10-12-4-2-1-3-8-14(12)9-7-11-5-6-11/h11-12H,1-10H2. The Morgan fingerprint density at radius 2 is 1.93 bits per heavy atom. The Morgan fingerprint density at radius 3 is 2.64 bits per heavy atom. The highest BCUT2D eigenvalue weighted by Crippen LogP contribution is 2.33. The first-order chi connectivity index (χ1) is 6.90. The Labute approximate surface area is 92.8 Å². The van der Waals surface area contributed by atoms with E-state index in [4.69, 9.17) is 11.6 Å². The topological polar surface area (TPSA) is 3.24 Å². The van der Waals surface area contributed by atoms with Crippen LogP contribution in [0.1, 0.15) is 44.9 Å². The molecule has 82 valence electrons. The smallest absolute Gasteiger partial charge is 0.0379 e. The zero-order valence-corrected chi connectivity index (χ0v) is 9.81. The first kappa shape index (κ1) is 10.8. The second-order valence-electron chi connectivity index (χ2n) is 4.93. The SMILES string of the molecule is ClCC1CCCCCN1CCC1CC1. The van der Waals surface area contributed by atoms with Crippen molar-refractivity contribution in [1.82, 2.24) is 4.90 Å². The molecule has 0 amide bonds. The van der Waals surface area contributed by atoms with Crippen LogP contribution < -0.4 is 0 Å². The maximum absolute atomic E-state index is 6.04. The second kappa shape index (κ2) is 5.37. The summed E-state index contributed by atoms with van der Waals surface area (Å²) in [5.41, 5.74) is 0. The van der Waals surface area contributed by atoms with Crippen molar-refractivity contribution in [2.24, 2.45) is 5.92 Å². The van der Waals surface area contributed by atoms with Gasteiger partial charge in [0, 0.05) is 11.9 Å². The molecule has 0 bridgehead atoms. The second-order valence-corrected chi connectivity index (χ2v) is 5.23. The molecule has 1 aliphatic carbocycles. The predicted octanol–water partition coefficient (Wildman–Crippen LogP) is 3.27. The molecule has 0 N–H and O–H groups in total. The van der Waals surface area contributed by atoms with Gasteiger partial charge >= 0.3 is 0 Å². The van der Waals surface area contributed by atoms with Crippen LogP contribution in [-0.4, -0.2) is 29.9 Å². The number of likely N-dealkylation sites (tertiary alicyclic amines) is 1. The quantitative estimate of drug-likeness (QED) is 0.651. The predicted molar refractivity (Wildman–Crippen MR) is 61.9 cm³/mol. The molecule has 2 heteroatoms. The molecule has 0 spiro atoms. The average Bonchev–Trinajstić information content (AvgIpc) is 3.02. The van der Waals surface area contributed by atoms with Crippen molar-refractivity contribution in [3.63, 3.8) is 0 Å². The molecule has 1 saturated carbocycles. The minimum atomic E-state index is 0.679. The molecule has 0 aromatic rings. The molecular weight excluding hydrogens is 194 g/mol. The van der Waals surface area contributed by atoms with Crippen LogP contribution in [0.2, 0.25) is 0 Å². The van der Waals surface area contributed by atoms with Gasteiger partial charge in [-0.2, -0.15) is 0 Å². The van der Waals surface area contributed by atoms with E-state index in [1.165, 1.54) is 58.0 Å². The van der Waals surface area contributed by atoms with Crippen LogP contribution in [0, 0.1) is 5.92 Å². The molecule has 2 aliphatic rings. The normalized spacial score (nSPS) is 30.2. The van der Waals surface area contributed by atoms with Crippen LogP contribution in [0.5, 0.6) is 0 Å². The molecule has 0 aromatic carbocycles. The van der Waals surface area contributed by atoms with Crippen LogP contribution in [0.15, 0.2) is 0 Å². The fourth-order valence-electron chi connectivity index (χ4n) is 2.46. The molecule has 1 atom stereocenters. The van der Waals surface area contributed by atoms with E-state index in [0.717, 1.165) is 11.8 Å². The van der Waals surface area contributed by atoms with Gasteiger partial charge in [0.1, 0.15) is 0 Å². The molecule has 14 heavy (non-hydrogen) atoms. The first-order valence-corrected chi connectivity index (χ1v) is 6.73. The van der Waals surface area contributed by atoms with Crippen molar-refractivity contribution in [1.29, 1.82) is 0 Å². The minimum absolute atomic E-state index is 0.679. The van der Waals surface area contributed by atoms with E-state index in [1.54, 1.807) is 0 Å². The summed E-state index contributed by atoms with van der Waals surface area (Å²) in [5.74, 6) is 1.90. The van der Waals surface area contributed by atoms with E-state index >= 15 is 0 Å². The number of rotatable bonds is 4. The van der Waals surface area contributed by atoms with Gasteiger partial charge in [0.25, 0.3) is 0 Å². The maximum atomic E-state index is 6.04. The van der Waals surface area contributed by atoms with Crippen LogP contribution in [0.25, 0.3) is 0 Å². The number of hydrogen-bond acceptors (Lipinski definition) is 1. The Hall–Kier alpha value is 0.250. The summed E-state index contributed by atoms with van der Waals surface area (Å²) < 4.78 is 0. The van der Waals surface area contributed by atoms with Crippen molar-refractivity contribution in [3.8, 4) is 0 Å². The molecular formula is C12H22ClN. The van der Waals surface area contributed by atoms with Crippen molar-refractivity contribution < 1.29 is 0 Å². The van der Waals surface area contributed by atoms with Crippen molar-refractivity contribution in [2.75, 3.05) is 19.0 Å². The summed E-state index contributed by atoms with van der Waals surface area (Å²) in [5, 5.41) is 0. The lowest BCUT2D eigenvalue weighted by Gasteiger charge is -2.28. The highest BCUT2D eigenvalue weighted by Gasteiger charge is 2.25. The largest absolute Gasteiger partial charge is 0.299 e. The third kappa shape index (κ3) is 3.13. The van der Waals surface area contributed by atoms with Crippen molar-refractivity contribution in [3.05, 3.63) is 0 Å². The van der Waals surface area contributed by atoms with Gasteiger partial charge < -0.3 is 0 Å². The lowest BCUT2D eigenvalue weighted by molar-refractivity contribution is 0.210.